The summed E-state index contributed by atoms with van der Waals surface area (Å²) in [5, 5.41) is 4.33. The molecule has 0 saturated heterocycles. The maximum absolute atomic E-state index is 12.1. The third-order valence-electron chi connectivity index (χ3n) is 4.34. The molecule has 130 valence electrons. The Balaban J connectivity index is 1.92. The number of urea groups is 1. The van der Waals surface area contributed by atoms with E-state index in [4.69, 9.17) is 4.74 Å². The fourth-order valence-electron chi connectivity index (χ4n) is 2.89. The molecular formula is C18H24N2O4. The minimum Gasteiger partial charge on any atom is -0.449 e. The molecule has 24 heavy (non-hydrogen) atoms. The van der Waals surface area contributed by atoms with Crippen LogP contribution in [0.4, 0.5) is 4.79 Å². The number of esters is 1. The highest BCUT2D eigenvalue weighted by Gasteiger charge is 2.21. The fraction of sp³-hybridized carbons (Fsp3) is 0.500. The van der Waals surface area contributed by atoms with Crippen LogP contribution in [0.3, 0.4) is 0 Å². The summed E-state index contributed by atoms with van der Waals surface area (Å²) < 4.78 is 5.10. The van der Waals surface area contributed by atoms with Gasteiger partial charge in [-0.1, -0.05) is 31.4 Å². The Morgan fingerprint density at radius 2 is 1.71 bits per heavy atom. The molecule has 0 heterocycles. The summed E-state index contributed by atoms with van der Waals surface area (Å²) in [5.41, 5.74) is 1.64. The van der Waals surface area contributed by atoms with E-state index in [2.05, 4.69) is 10.6 Å². The number of hydrogen-bond donors (Lipinski definition) is 2. The first-order chi connectivity index (χ1) is 11.5. The summed E-state index contributed by atoms with van der Waals surface area (Å²) >= 11 is 0. The van der Waals surface area contributed by atoms with Gasteiger partial charge in [-0.2, -0.15) is 0 Å². The second-order valence-electron chi connectivity index (χ2n) is 6.07. The molecule has 6 heteroatoms. The third kappa shape index (κ3) is 4.81. The zero-order valence-electron chi connectivity index (χ0n) is 14.1. The molecule has 2 rings (SSSR count). The minimum atomic E-state index is -1.05. The molecule has 2 N–H and O–H groups in total. The van der Waals surface area contributed by atoms with Gasteiger partial charge in [0.25, 0.3) is 5.91 Å². The van der Waals surface area contributed by atoms with Gasteiger partial charge in [-0.05, 0) is 43.4 Å². The van der Waals surface area contributed by atoms with Crippen molar-refractivity contribution in [2.75, 3.05) is 7.05 Å². The highest BCUT2D eigenvalue weighted by molar-refractivity contribution is 5.98. The van der Waals surface area contributed by atoms with Gasteiger partial charge in [0, 0.05) is 7.05 Å². The first-order valence-electron chi connectivity index (χ1n) is 8.34. The second-order valence-corrected chi connectivity index (χ2v) is 6.07. The molecule has 1 fully saturated rings. The Bertz CT molecular complexity index is 592. The predicted molar refractivity (Wildman–Crippen MR) is 89.7 cm³/mol. The number of amides is 3. The van der Waals surface area contributed by atoms with E-state index < -0.39 is 24.0 Å². The number of nitrogens with one attached hydrogen (secondary N) is 2. The SMILES string of the molecule is CNC(=O)NC(=O)[C@@H](C)OC(=O)c1ccc(C2CCCCC2)cc1. The molecule has 1 saturated carbocycles. The van der Waals surface area contributed by atoms with Crippen LogP contribution in [-0.4, -0.2) is 31.1 Å². The predicted octanol–water partition coefficient (Wildman–Crippen LogP) is 2.74. The van der Waals surface area contributed by atoms with Gasteiger partial charge < -0.3 is 10.1 Å². The summed E-state index contributed by atoms with van der Waals surface area (Å²) in [4.78, 5) is 34.9. The number of imide groups is 1. The molecule has 1 aliphatic rings. The van der Waals surface area contributed by atoms with Crippen molar-refractivity contribution in [3.63, 3.8) is 0 Å². The van der Waals surface area contributed by atoms with Crippen LogP contribution in [0.25, 0.3) is 0 Å². The van der Waals surface area contributed by atoms with Gasteiger partial charge in [0.1, 0.15) is 0 Å². The summed E-state index contributed by atoms with van der Waals surface area (Å²) in [6, 6.07) is 6.74. The van der Waals surface area contributed by atoms with Gasteiger partial charge in [-0.15, -0.1) is 0 Å². The highest BCUT2D eigenvalue weighted by Crippen LogP contribution is 2.32. The van der Waals surface area contributed by atoms with Crippen LogP contribution >= 0.6 is 0 Å². The largest absolute Gasteiger partial charge is 0.449 e. The maximum atomic E-state index is 12.1. The average molecular weight is 332 g/mol. The lowest BCUT2D eigenvalue weighted by atomic mass is 9.84. The molecular weight excluding hydrogens is 308 g/mol. The summed E-state index contributed by atoms with van der Waals surface area (Å²) in [7, 11) is 1.40. The summed E-state index contributed by atoms with van der Waals surface area (Å²) in [6.45, 7) is 1.42. The lowest BCUT2D eigenvalue weighted by Gasteiger charge is -2.22. The van der Waals surface area contributed by atoms with Crippen molar-refractivity contribution in [2.45, 2.75) is 51.0 Å². The van der Waals surface area contributed by atoms with Gasteiger partial charge in [0.05, 0.1) is 5.56 Å². The highest BCUT2D eigenvalue weighted by atomic mass is 16.5. The van der Waals surface area contributed by atoms with Gasteiger partial charge in [0.15, 0.2) is 6.10 Å². The molecule has 1 aliphatic carbocycles. The van der Waals surface area contributed by atoms with Crippen molar-refractivity contribution in [3.05, 3.63) is 35.4 Å². The molecule has 1 atom stereocenters. The smallest absolute Gasteiger partial charge is 0.338 e. The van der Waals surface area contributed by atoms with Crippen molar-refractivity contribution in [1.82, 2.24) is 10.6 Å². The molecule has 0 aromatic heterocycles. The number of rotatable bonds is 4. The molecule has 0 radical (unpaired) electrons. The van der Waals surface area contributed by atoms with Crippen LogP contribution in [0, 0.1) is 0 Å². The van der Waals surface area contributed by atoms with Crippen LogP contribution < -0.4 is 10.6 Å². The van der Waals surface area contributed by atoms with Gasteiger partial charge >= 0.3 is 12.0 Å². The lowest BCUT2D eigenvalue weighted by Crippen LogP contribution is -2.43. The van der Waals surface area contributed by atoms with Crippen molar-refractivity contribution < 1.29 is 19.1 Å². The standard InChI is InChI=1S/C18H24N2O4/c1-12(16(21)20-18(23)19-2)24-17(22)15-10-8-14(9-11-15)13-6-4-3-5-7-13/h8-13H,3-7H2,1-2H3,(H2,19,20,21,23)/t12-/m1/s1. The van der Waals surface area contributed by atoms with Crippen molar-refractivity contribution in [3.8, 4) is 0 Å². The summed E-state index contributed by atoms with van der Waals surface area (Å²) in [6.07, 6.45) is 5.16. The Kier molecular flexibility index (Phi) is 6.35. The third-order valence-corrected chi connectivity index (χ3v) is 4.34. The van der Waals surface area contributed by atoms with Crippen LogP contribution in [0.15, 0.2) is 24.3 Å². The number of carbonyl (C=O) groups is 3. The minimum absolute atomic E-state index is 0.397. The van der Waals surface area contributed by atoms with E-state index in [1.165, 1.54) is 51.6 Å². The van der Waals surface area contributed by atoms with E-state index >= 15 is 0 Å². The van der Waals surface area contributed by atoms with Crippen molar-refractivity contribution >= 4 is 17.9 Å². The quantitative estimate of drug-likeness (QED) is 0.830. The maximum Gasteiger partial charge on any atom is 0.338 e. The average Bonchev–Trinajstić information content (AvgIpc) is 2.62. The molecule has 1 aromatic rings. The van der Waals surface area contributed by atoms with E-state index in [0.29, 0.717) is 11.5 Å². The van der Waals surface area contributed by atoms with Crippen molar-refractivity contribution in [2.24, 2.45) is 0 Å². The Morgan fingerprint density at radius 3 is 2.29 bits per heavy atom. The topological polar surface area (TPSA) is 84.5 Å². The van der Waals surface area contributed by atoms with Crippen LogP contribution in [0.5, 0.6) is 0 Å². The van der Waals surface area contributed by atoms with Crippen LogP contribution in [0.2, 0.25) is 0 Å². The molecule has 0 spiro atoms. The normalized spacial score (nSPS) is 16.1. The monoisotopic (exact) mass is 332 g/mol. The Morgan fingerprint density at radius 1 is 1.08 bits per heavy atom. The zero-order chi connectivity index (χ0) is 17.5. The molecule has 0 aliphatic heterocycles. The molecule has 6 nitrogen and oxygen atoms in total. The molecule has 3 amide bonds. The number of benzene rings is 1. The van der Waals surface area contributed by atoms with E-state index in [0.717, 1.165) is 0 Å². The van der Waals surface area contributed by atoms with E-state index in [1.54, 1.807) is 12.1 Å². The van der Waals surface area contributed by atoms with Crippen LogP contribution in [0.1, 0.15) is 60.9 Å². The molecule has 0 bridgehead atoms. The number of hydrogen-bond acceptors (Lipinski definition) is 4. The van der Waals surface area contributed by atoms with E-state index in [-0.39, 0.29) is 0 Å². The first-order valence-corrected chi connectivity index (χ1v) is 8.34. The van der Waals surface area contributed by atoms with E-state index in [9.17, 15) is 14.4 Å². The van der Waals surface area contributed by atoms with Gasteiger partial charge in [0.2, 0.25) is 0 Å². The second kappa shape index (κ2) is 8.47. The summed E-state index contributed by atoms with van der Waals surface area (Å²) in [5.74, 6) is -0.674. The lowest BCUT2D eigenvalue weighted by molar-refractivity contribution is -0.127. The number of carbonyl (C=O) groups excluding carboxylic acids is 3. The fourth-order valence-corrected chi connectivity index (χ4v) is 2.89. The van der Waals surface area contributed by atoms with Crippen molar-refractivity contribution in [1.29, 1.82) is 0 Å². The van der Waals surface area contributed by atoms with Gasteiger partial charge in [-0.3, -0.25) is 10.1 Å². The Labute approximate surface area is 142 Å². The zero-order valence-corrected chi connectivity index (χ0v) is 14.1. The van der Waals surface area contributed by atoms with Gasteiger partial charge in [-0.25, -0.2) is 9.59 Å². The number of ether oxygens (including phenoxy) is 1. The molecule has 0 unspecified atom stereocenters. The molecule has 1 aromatic carbocycles. The first kappa shape index (κ1) is 18.0. The van der Waals surface area contributed by atoms with E-state index in [1.807, 2.05) is 12.1 Å². The van der Waals surface area contributed by atoms with Crippen LogP contribution in [-0.2, 0) is 9.53 Å². The Hall–Kier alpha value is -2.37.